The van der Waals surface area contributed by atoms with Crippen LogP contribution in [-0.4, -0.2) is 11.6 Å². The van der Waals surface area contributed by atoms with Crippen molar-refractivity contribution >= 4 is 33.2 Å². The number of fused-ring (bicyclic) bond motifs is 2. The number of anilines is 2. The summed E-state index contributed by atoms with van der Waals surface area (Å²) < 4.78 is 5.82. The molecule has 0 radical (unpaired) electrons. The lowest BCUT2D eigenvalue weighted by atomic mass is 10.1. The zero-order valence-electron chi connectivity index (χ0n) is 15.6. The molecule has 0 bridgehead atoms. The van der Waals surface area contributed by atoms with Crippen LogP contribution in [0.4, 0.5) is 11.4 Å². The van der Waals surface area contributed by atoms with Gasteiger partial charge in [0.15, 0.2) is 0 Å². The van der Waals surface area contributed by atoms with Gasteiger partial charge in [-0.1, -0.05) is 56.2 Å². The third kappa shape index (κ3) is 3.87. The Bertz CT molecular complexity index is 987. The number of hydrogen-bond acceptors (Lipinski definition) is 3. The maximum Gasteiger partial charge on any atom is 0.119 e. The molecule has 1 aromatic heterocycles. The van der Waals surface area contributed by atoms with Crippen LogP contribution in [0.15, 0.2) is 72.8 Å². The van der Waals surface area contributed by atoms with Crippen molar-refractivity contribution in [3.8, 4) is 5.75 Å². The number of pyridine rings is 1. The predicted molar refractivity (Wildman–Crippen MR) is 114 cm³/mol. The fraction of sp³-hybridized carbons (Fsp3) is 0.208. The van der Waals surface area contributed by atoms with Crippen molar-refractivity contribution in [1.29, 1.82) is 0 Å². The van der Waals surface area contributed by atoms with E-state index >= 15 is 0 Å². The standard InChI is InChI=1S/C24H24N2O/c1-2-3-8-17-27-19-15-13-18(14-16-19)25-24-20-9-4-6-11-22(20)26-23-12-7-5-10-21(23)24/h4-7,9-16H,2-3,8,17H2,1H3,(H,25,26). The van der Waals surface area contributed by atoms with E-state index in [-0.39, 0.29) is 0 Å². The van der Waals surface area contributed by atoms with Gasteiger partial charge < -0.3 is 10.1 Å². The second-order valence-corrected chi connectivity index (χ2v) is 6.73. The summed E-state index contributed by atoms with van der Waals surface area (Å²) in [7, 11) is 0. The average Bonchev–Trinajstić information content (AvgIpc) is 2.72. The molecule has 3 nitrogen and oxygen atoms in total. The number of aromatic nitrogens is 1. The monoisotopic (exact) mass is 356 g/mol. The van der Waals surface area contributed by atoms with E-state index in [1.54, 1.807) is 0 Å². The van der Waals surface area contributed by atoms with E-state index in [2.05, 4.69) is 60.8 Å². The number of nitrogens with zero attached hydrogens (tertiary/aromatic N) is 1. The smallest absolute Gasteiger partial charge is 0.119 e. The molecule has 1 heterocycles. The molecule has 0 aliphatic carbocycles. The lowest BCUT2D eigenvalue weighted by Crippen LogP contribution is -1.98. The van der Waals surface area contributed by atoms with Crippen LogP contribution in [0.3, 0.4) is 0 Å². The van der Waals surface area contributed by atoms with Gasteiger partial charge in [-0.2, -0.15) is 0 Å². The molecule has 136 valence electrons. The first-order chi connectivity index (χ1) is 13.3. The molecule has 0 atom stereocenters. The fourth-order valence-corrected chi connectivity index (χ4v) is 3.30. The number of ether oxygens (including phenoxy) is 1. The lowest BCUT2D eigenvalue weighted by molar-refractivity contribution is 0.306. The third-order valence-electron chi connectivity index (χ3n) is 4.73. The van der Waals surface area contributed by atoms with Crippen molar-refractivity contribution < 1.29 is 4.74 Å². The summed E-state index contributed by atoms with van der Waals surface area (Å²) in [5, 5.41) is 5.84. The van der Waals surface area contributed by atoms with Crippen LogP contribution in [0, 0.1) is 0 Å². The van der Waals surface area contributed by atoms with Gasteiger partial charge in [-0.15, -0.1) is 0 Å². The van der Waals surface area contributed by atoms with Crippen LogP contribution in [-0.2, 0) is 0 Å². The van der Waals surface area contributed by atoms with Gasteiger partial charge in [0.25, 0.3) is 0 Å². The van der Waals surface area contributed by atoms with E-state index in [9.17, 15) is 0 Å². The lowest BCUT2D eigenvalue weighted by Gasteiger charge is -2.14. The van der Waals surface area contributed by atoms with Crippen LogP contribution in [0.5, 0.6) is 5.75 Å². The minimum atomic E-state index is 0.778. The van der Waals surface area contributed by atoms with E-state index in [0.717, 1.165) is 52.0 Å². The molecule has 1 N–H and O–H groups in total. The minimum absolute atomic E-state index is 0.778. The molecule has 0 saturated carbocycles. The third-order valence-corrected chi connectivity index (χ3v) is 4.73. The number of nitrogens with one attached hydrogen (secondary N) is 1. The van der Waals surface area contributed by atoms with Crippen LogP contribution in [0.1, 0.15) is 26.2 Å². The van der Waals surface area contributed by atoms with E-state index in [0.29, 0.717) is 0 Å². The Morgan fingerprint density at radius 2 is 1.41 bits per heavy atom. The molecule has 4 aromatic rings. The van der Waals surface area contributed by atoms with Crippen LogP contribution in [0.2, 0.25) is 0 Å². The Morgan fingerprint density at radius 1 is 0.778 bits per heavy atom. The normalized spacial score (nSPS) is 11.0. The first-order valence-electron chi connectivity index (χ1n) is 9.62. The number of rotatable bonds is 7. The molecule has 0 spiro atoms. The number of benzene rings is 3. The number of hydrogen-bond donors (Lipinski definition) is 1. The summed E-state index contributed by atoms with van der Waals surface area (Å²) in [6, 6.07) is 24.7. The Kier molecular flexibility index (Phi) is 5.20. The quantitative estimate of drug-likeness (QED) is 0.295. The highest BCUT2D eigenvalue weighted by Crippen LogP contribution is 2.33. The van der Waals surface area contributed by atoms with Crippen molar-refractivity contribution in [3.63, 3.8) is 0 Å². The van der Waals surface area contributed by atoms with Gasteiger partial charge in [0.1, 0.15) is 5.75 Å². The largest absolute Gasteiger partial charge is 0.494 e. The predicted octanol–water partition coefficient (Wildman–Crippen LogP) is 6.70. The topological polar surface area (TPSA) is 34.1 Å². The van der Waals surface area contributed by atoms with E-state index in [1.807, 2.05) is 24.3 Å². The zero-order valence-corrected chi connectivity index (χ0v) is 15.6. The zero-order chi connectivity index (χ0) is 18.5. The van der Waals surface area contributed by atoms with Crippen molar-refractivity contribution in [2.45, 2.75) is 26.2 Å². The molecule has 27 heavy (non-hydrogen) atoms. The molecule has 0 saturated heterocycles. The summed E-state index contributed by atoms with van der Waals surface area (Å²) >= 11 is 0. The molecular formula is C24H24N2O. The molecule has 3 heteroatoms. The number of para-hydroxylation sites is 2. The van der Waals surface area contributed by atoms with Crippen molar-refractivity contribution in [1.82, 2.24) is 4.98 Å². The average molecular weight is 356 g/mol. The first kappa shape index (κ1) is 17.3. The van der Waals surface area contributed by atoms with Crippen molar-refractivity contribution in [2.24, 2.45) is 0 Å². The highest BCUT2D eigenvalue weighted by molar-refractivity contribution is 6.08. The fourth-order valence-electron chi connectivity index (χ4n) is 3.30. The molecule has 4 rings (SSSR count). The summed E-state index contributed by atoms with van der Waals surface area (Å²) in [6.07, 6.45) is 3.52. The summed E-state index contributed by atoms with van der Waals surface area (Å²) in [5.41, 5.74) is 4.12. The van der Waals surface area contributed by atoms with Gasteiger partial charge in [-0.25, -0.2) is 4.98 Å². The van der Waals surface area contributed by atoms with Gasteiger partial charge in [0.05, 0.1) is 23.3 Å². The summed E-state index contributed by atoms with van der Waals surface area (Å²) in [5.74, 6) is 0.918. The highest BCUT2D eigenvalue weighted by atomic mass is 16.5. The van der Waals surface area contributed by atoms with Gasteiger partial charge in [0.2, 0.25) is 0 Å². The van der Waals surface area contributed by atoms with Crippen LogP contribution in [0.25, 0.3) is 21.8 Å². The maximum absolute atomic E-state index is 5.82. The highest BCUT2D eigenvalue weighted by Gasteiger charge is 2.09. The van der Waals surface area contributed by atoms with Crippen molar-refractivity contribution in [2.75, 3.05) is 11.9 Å². The molecule has 0 aliphatic rings. The SMILES string of the molecule is CCCCCOc1ccc(Nc2c3ccccc3nc3ccccc23)cc1. The summed E-state index contributed by atoms with van der Waals surface area (Å²) in [6.45, 7) is 2.98. The summed E-state index contributed by atoms with van der Waals surface area (Å²) in [4.78, 5) is 4.78. The Labute approximate surface area is 160 Å². The Hall–Kier alpha value is -3.07. The maximum atomic E-state index is 5.82. The molecule has 0 unspecified atom stereocenters. The van der Waals surface area contributed by atoms with Crippen LogP contribution >= 0.6 is 0 Å². The molecule has 0 aliphatic heterocycles. The van der Waals surface area contributed by atoms with Gasteiger partial charge in [-0.05, 0) is 42.8 Å². The van der Waals surface area contributed by atoms with E-state index in [1.165, 1.54) is 12.8 Å². The first-order valence-corrected chi connectivity index (χ1v) is 9.62. The second kappa shape index (κ2) is 8.09. The Morgan fingerprint density at radius 3 is 2.04 bits per heavy atom. The minimum Gasteiger partial charge on any atom is -0.494 e. The van der Waals surface area contributed by atoms with Crippen LogP contribution < -0.4 is 10.1 Å². The van der Waals surface area contributed by atoms with Gasteiger partial charge >= 0.3 is 0 Å². The van der Waals surface area contributed by atoms with Crippen molar-refractivity contribution in [3.05, 3.63) is 72.8 Å². The molecule has 3 aromatic carbocycles. The molecule has 0 fully saturated rings. The second-order valence-electron chi connectivity index (χ2n) is 6.73. The van der Waals surface area contributed by atoms with E-state index in [4.69, 9.17) is 9.72 Å². The number of unbranched alkanes of at least 4 members (excludes halogenated alkanes) is 2. The molecule has 0 amide bonds. The van der Waals surface area contributed by atoms with Gasteiger partial charge in [0, 0.05) is 16.5 Å². The van der Waals surface area contributed by atoms with E-state index < -0.39 is 0 Å². The van der Waals surface area contributed by atoms with Gasteiger partial charge in [-0.3, -0.25) is 0 Å². The molecular weight excluding hydrogens is 332 g/mol. The Balaban J connectivity index is 1.62.